The molecule has 0 atom stereocenters. The van der Waals surface area contributed by atoms with Crippen LogP contribution >= 0.6 is 0 Å². The van der Waals surface area contributed by atoms with Gasteiger partial charge in [-0.3, -0.25) is 5.32 Å². The van der Waals surface area contributed by atoms with E-state index in [0.717, 1.165) is 22.5 Å². The number of rotatable bonds is 2. The van der Waals surface area contributed by atoms with E-state index in [1.165, 1.54) is 0 Å². The Morgan fingerprint density at radius 1 is 1.38 bits per heavy atom. The molecule has 1 aliphatic rings. The normalized spacial score (nSPS) is 15.6. The number of aromatic nitrogens is 1. The van der Waals surface area contributed by atoms with Crippen LogP contribution < -0.4 is 5.32 Å². The van der Waals surface area contributed by atoms with Gasteiger partial charge >= 0.3 is 6.09 Å². The van der Waals surface area contributed by atoms with Gasteiger partial charge in [-0.25, -0.2) is 4.79 Å². The molecule has 1 aliphatic heterocycles. The van der Waals surface area contributed by atoms with Crippen molar-refractivity contribution in [1.82, 2.24) is 4.57 Å². The number of benzene rings is 1. The van der Waals surface area contributed by atoms with E-state index < -0.39 is 11.7 Å². The third kappa shape index (κ3) is 2.27. The smallest absolute Gasteiger partial charge is 0.412 e. The van der Waals surface area contributed by atoms with Gasteiger partial charge in [0.15, 0.2) is 0 Å². The van der Waals surface area contributed by atoms with Gasteiger partial charge in [0.2, 0.25) is 0 Å². The van der Waals surface area contributed by atoms with Crippen molar-refractivity contribution in [2.45, 2.75) is 26.0 Å². The highest BCUT2D eigenvalue weighted by molar-refractivity contribution is 5.89. The number of hydrogen-bond donors (Lipinski definition) is 1. The first kappa shape index (κ1) is 13.3. The molecule has 0 unspecified atom stereocenters. The summed E-state index contributed by atoms with van der Waals surface area (Å²) in [6, 6.07) is 9.91. The average molecular weight is 280 g/mol. The number of hydrogen-bond acceptors (Lipinski definition) is 2. The van der Waals surface area contributed by atoms with Crippen LogP contribution in [0, 0.1) is 12.3 Å². The molecule has 0 radical (unpaired) electrons. The van der Waals surface area contributed by atoms with Crippen molar-refractivity contribution in [3.63, 3.8) is 0 Å². The molecule has 0 fully saturated rings. The van der Waals surface area contributed by atoms with Crippen molar-refractivity contribution in [2.75, 3.05) is 5.32 Å². The molecule has 0 aliphatic carbocycles. The number of ether oxygens (including phenoxy) is 1. The number of amides is 1. The first-order valence-corrected chi connectivity index (χ1v) is 6.75. The fraction of sp³-hybridized carbons (Fsp3) is 0.235. The van der Waals surface area contributed by atoms with Crippen LogP contribution in [-0.2, 0) is 16.9 Å². The fourth-order valence-corrected chi connectivity index (χ4v) is 2.65. The molecular weight excluding hydrogens is 264 g/mol. The third-order valence-corrected chi connectivity index (χ3v) is 3.64. The first-order chi connectivity index (χ1) is 10.0. The van der Waals surface area contributed by atoms with Crippen LogP contribution in [0.1, 0.15) is 19.4 Å². The molecule has 106 valence electrons. The SMILES string of the molecule is C#CCn1cccc1-c1ccc2c(c1)C(C)(C)OC(=O)N2. The molecular formula is C17H16N2O2. The lowest BCUT2D eigenvalue weighted by Crippen LogP contribution is -2.34. The number of carbonyl (C=O) groups excluding carboxylic acids is 1. The second kappa shape index (κ2) is 4.71. The summed E-state index contributed by atoms with van der Waals surface area (Å²) >= 11 is 0. The zero-order chi connectivity index (χ0) is 15.0. The summed E-state index contributed by atoms with van der Waals surface area (Å²) in [5.74, 6) is 2.65. The van der Waals surface area contributed by atoms with Crippen LogP contribution in [0.3, 0.4) is 0 Å². The van der Waals surface area contributed by atoms with Crippen LogP contribution in [0.5, 0.6) is 0 Å². The second-order valence-corrected chi connectivity index (χ2v) is 5.51. The van der Waals surface area contributed by atoms with E-state index in [-0.39, 0.29) is 0 Å². The predicted octanol–water partition coefficient (Wildman–Crippen LogP) is 3.59. The molecule has 3 rings (SSSR count). The largest absolute Gasteiger partial charge is 0.438 e. The summed E-state index contributed by atoms with van der Waals surface area (Å²) in [7, 11) is 0. The molecule has 2 heterocycles. The lowest BCUT2D eigenvalue weighted by Gasteiger charge is -2.32. The van der Waals surface area contributed by atoms with Gasteiger partial charge < -0.3 is 9.30 Å². The Morgan fingerprint density at radius 3 is 2.95 bits per heavy atom. The summed E-state index contributed by atoms with van der Waals surface area (Å²) in [4.78, 5) is 11.5. The maximum absolute atomic E-state index is 11.5. The number of nitrogens with one attached hydrogen (secondary N) is 1. The van der Waals surface area contributed by atoms with Crippen molar-refractivity contribution >= 4 is 11.8 Å². The van der Waals surface area contributed by atoms with Crippen molar-refractivity contribution < 1.29 is 9.53 Å². The number of cyclic esters (lactones) is 1. The Bertz CT molecular complexity index is 750. The van der Waals surface area contributed by atoms with Crippen LogP contribution in [0.25, 0.3) is 11.3 Å². The van der Waals surface area contributed by atoms with Crippen molar-refractivity contribution in [3.8, 4) is 23.6 Å². The third-order valence-electron chi connectivity index (χ3n) is 3.64. The number of fused-ring (bicyclic) bond motifs is 1. The Morgan fingerprint density at radius 2 is 2.19 bits per heavy atom. The lowest BCUT2D eigenvalue weighted by atomic mass is 9.92. The highest BCUT2D eigenvalue weighted by atomic mass is 16.6. The van der Waals surface area contributed by atoms with E-state index in [1.807, 2.05) is 54.9 Å². The van der Waals surface area contributed by atoms with Crippen molar-refractivity contribution in [3.05, 3.63) is 42.1 Å². The van der Waals surface area contributed by atoms with E-state index >= 15 is 0 Å². The predicted molar refractivity (Wildman–Crippen MR) is 81.8 cm³/mol. The quantitative estimate of drug-likeness (QED) is 0.854. The van der Waals surface area contributed by atoms with Gasteiger partial charge in [0, 0.05) is 17.5 Å². The van der Waals surface area contributed by atoms with Gasteiger partial charge in [-0.05, 0) is 43.7 Å². The summed E-state index contributed by atoms with van der Waals surface area (Å²) in [6.45, 7) is 4.29. The Kier molecular flexibility index (Phi) is 2.99. The van der Waals surface area contributed by atoms with E-state index in [2.05, 4.69) is 11.2 Å². The number of carbonyl (C=O) groups is 1. The molecule has 21 heavy (non-hydrogen) atoms. The lowest BCUT2D eigenvalue weighted by molar-refractivity contribution is 0.0421. The molecule has 0 bridgehead atoms. The van der Waals surface area contributed by atoms with Crippen molar-refractivity contribution in [1.29, 1.82) is 0 Å². The van der Waals surface area contributed by atoms with E-state index in [0.29, 0.717) is 6.54 Å². The van der Waals surface area contributed by atoms with Crippen LogP contribution in [0.4, 0.5) is 10.5 Å². The molecule has 4 heteroatoms. The molecule has 1 aromatic carbocycles. The Balaban J connectivity index is 2.10. The molecule has 0 saturated carbocycles. The number of terminal acetylenes is 1. The zero-order valence-electron chi connectivity index (χ0n) is 12.0. The van der Waals surface area contributed by atoms with Crippen LogP contribution in [0.2, 0.25) is 0 Å². The van der Waals surface area contributed by atoms with E-state index in [4.69, 9.17) is 11.2 Å². The Hall–Kier alpha value is -2.67. The molecule has 1 amide bonds. The fourth-order valence-electron chi connectivity index (χ4n) is 2.65. The standard InChI is InChI=1S/C17H16N2O2/c1-4-9-19-10-5-6-15(19)12-7-8-14-13(11-12)17(2,3)21-16(20)18-14/h1,5-8,10-11H,9H2,2-3H3,(H,18,20). The monoisotopic (exact) mass is 280 g/mol. The first-order valence-electron chi connectivity index (χ1n) is 6.75. The summed E-state index contributed by atoms with van der Waals surface area (Å²) in [5.41, 5.74) is 3.17. The Labute approximate surface area is 123 Å². The molecule has 2 aromatic rings. The molecule has 0 spiro atoms. The number of nitrogens with zero attached hydrogens (tertiary/aromatic N) is 1. The van der Waals surface area contributed by atoms with Gasteiger partial charge in [0.25, 0.3) is 0 Å². The average Bonchev–Trinajstić information content (AvgIpc) is 2.86. The van der Waals surface area contributed by atoms with E-state index in [1.54, 1.807) is 0 Å². The molecule has 1 aromatic heterocycles. The van der Waals surface area contributed by atoms with Gasteiger partial charge in [-0.1, -0.05) is 12.0 Å². The minimum atomic E-state index is -0.656. The minimum Gasteiger partial charge on any atom is -0.438 e. The number of anilines is 1. The van der Waals surface area contributed by atoms with Gasteiger partial charge in [0.05, 0.1) is 12.2 Å². The van der Waals surface area contributed by atoms with Crippen LogP contribution in [-0.4, -0.2) is 10.7 Å². The summed E-state index contributed by atoms with van der Waals surface area (Å²) < 4.78 is 7.37. The molecule has 1 N–H and O–H groups in total. The summed E-state index contributed by atoms with van der Waals surface area (Å²) in [6.07, 6.45) is 6.93. The zero-order valence-corrected chi connectivity index (χ0v) is 12.0. The van der Waals surface area contributed by atoms with E-state index in [9.17, 15) is 4.79 Å². The minimum absolute atomic E-state index is 0.420. The van der Waals surface area contributed by atoms with Gasteiger partial charge in [-0.2, -0.15) is 0 Å². The molecule has 4 nitrogen and oxygen atoms in total. The summed E-state index contributed by atoms with van der Waals surface area (Å²) in [5, 5.41) is 2.73. The van der Waals surface area contributed by atoms with Gasteiger partial charge in [-0.15, -0.1) is 6.42 Å². The van der Waals surface area contributed by atoms with Gasteiger partial charge in [0.1, 0.15) is 5.60 Å². The maximum Gasteiger partial charge on any atom is 0.412 e. The molecule has 0 saturated heterocycles. The highest BCUT2D eigenvalue weighted by Crippen LogP contribution is 2.38. The van der Waals surface area contributed by atoms with Crippen LogP contribution in [0.15, 0.2) is 36.5 Å². The highest BCUT2D eigenvalue weighted by Gasteiger charge is 2.33. The topological polar surface area (TPSA) is 43.3 Å². The maximum atomic E-state index is 11.5. The van der Waals surface area contributed by atoms with Crippen molar-refractivity contribution in [2.24, 2.45) is 0 Å². The second-order valence-electron chi connectivity index (χ2n) is 5.51.